The molecule has 0 spiro atoms. The molecule has 10 heteroatoms. The quantitative estimate of drug-likeness (QED) is 0.390. The minimum atomic E-state index is -3.88. The lowest BCUT2D eigenvalue weighted by atomic mass is 10.1. The van der Waals surface area contributed by atoms with Crippen molar-refractivity contribution < 1.29 is 17.7 Å². The predicted molar refractivity (Wildman–Crippen MR) is 128 cm³/mol. The first-order valence-corrected chi connectivity index (χ1v) is 12.1. The van der Waals surface area contributed by atoms with Crippen LogP contribution in [-0.2, 0) is 21.2 Å². The SMILES string of the molecule is CCC(=O)Nc1ccc(S(=O)(=O)Nc2ccccc2Cc2nc(-c3cccnc3)no2)c(C)c1. The van der Waals surface area contributed by atoms with E-state index in [1.807, 2.05) is 12.1 Å². The number of sulfonamides is 1. The van der Waals surface area contributed by atoms with E-state index in [0.717, 1.165) is 5.56 Å². The highest BCUT2D eigenvalue weighted by Gasteiger charge is 2.20. The Hall–Kier alpha value is -4.05. The van der Waals surface area contributed by atoms with Crippen molar-refractivity contribution >= 4 is 27.3 Å². The second-order valence-electron chi connectivity index (χ2n) is 7.57. The number of hydrogen-bond donors (Lipinski definition) is 2. The van der Waals surface area contributed by atoms with Gasteiger partial charge in [-0.15, -0.1) is 0 Å². The summed E-state index contributed by atoms with van der Waals surface area (Å²) in [5, 5.41) is 6.72. The molecule has 0 aliphatic rings. The van der Waals surface area contributed by atoms with Crippen molar-refractivity contribution in [2.75, 3.05) is 10.0 Å². The van der Waals surface area contributed by atoms with Crippen LogP contribution in [0.4, 0.5) is 11.4 Å². The van der Waals surface area contributed by atoms with Gasteiger partial charge in [-0.1, -0.05) is 30.3 Å². The number of anilines is 2. The summed E-state index contributed by atoms with van der Waals surface area (Å²) in [6.07, 6.45) is 3.87. The highest BCUT2D eigenvalue weighted by molar-refractivity contribution is 7.92. The van der Waals surface area contributed by atoms with Gasteiger partial charge in [0.25, 0.3) is 10.0 Å². The Morgan fingerprint density at radius 2 is 1.91 bits per heavy atom. The van der Waals surface area contributed by atoms with Gasteiger partial charge in [0.05, 0.1) is 17.0 Å². The van der Waals surface area contributed by atoms with Gasteiger partial charge in [0.2, 0.25) is 17.6 Å². The summed E-state index contributed by atoms with van der Waals surface area (Å²) < 4.78 is 34.3. The third-order valence-electron chi connectivity index (χ3n) is 5.06. The van der Waals surface area contributed by atoms with Crippen molar-refractivity contribution in [1.82, 2.24) is 15.1 Å². The summed E-state index contributed by atoms with van der Waals surface area (Å²) in [5.41, 5.74) is 2.87. The van der Waals surface area contributed by atoms with Gasteiger partial charge in [-0.25, -0.2) is 8.42 Å². The van der Waals surface area contributed by atoms with Crippen LogP contribution in [0.3, 0.4) is 0 Å². The zero-order valence-electron chi connectivity index (χ0n) is 18.6. The first kappa shape index (κ1) is 23.1. The zero-order chi connectivity index (χ0) is 24.1. The van der Waals surface area contributed by atoms with E-state index < -0.39 is 10.0 Å². The molecule has 0 saturated carbocycles. The Morgan fingerprint density at radius 3 is 2.65 bits per heavy atom. The highest BCUT2D eigenvalue weighted by Crippen LogP contribution is 2.26. The zero-order valence-corrected chi connectivity index (χ0v) is 19.5. The molecule has 0 aliphatic heterocycles. The van der Waals surface area contributed by atoms with Crippen molar-refractivity contribution in [3.63, 3.8) is 0 Å². The van der Waals surface area contributed by atoms with Gasteiger partial charge >= 0.3 is 0 Å². The largest absolute Gasteiger partial charge is 0.339 e. The van der Waals surface area contributed by atoms with Crippen molar-refractivity contribution in [1.29, 1.82) is 0 Å². The molecular weight excluding hydrogens is 454 g/mol. The molecule has 2 N–H and O–H groups in total. The number of carbonyl (C=O) groups is 1. The number of pyridine rings is 1. The molecule has 0 atom stereocenters. The highest BCUT2D eigenvalue weighted by atomic mass is 32.2. The summed E-state index contributed by atoms with van der Waals surface area (Å²) in [6.45, 7) is 3.43. The fourth-order valence-electron chi connectivity index (χ4n) is 3.35. The number of hydrogen-bond acceptors (Lipinski definition) is 7. The summed E-state index contributed by atoms with van der Waals surface area (Å²) in [5.74, 6) is 0.611. The fourth-order valence-corrected chi connectivity index (χ4v) is 4.68. The molecule has 2 aromatic heterocycles. The predicted octanol–water partition coefficient (Wildman–Crippen LogP) is 4.18. The van der Waals surface area contributed by atoms with E-state index in [-0.39, 0.29) is 17.2 Å². The molecular formula is C24H23N5O4S. The van der Waals surface area contributed by atoms with E-state index in [1.54, 1.807) is 62.6 Å². The van der Waals surface area contributed by atoms with Crippen LogP contribution in [0.2, 0.25) is 0 Å². The van der Waals surface area contributed by atoms with Crippen LogP contribution >= 0.6 is 0 Å². The van der Waals surface area contributed by atoms with E-state index in [0.29, 0.717) is 40.6 Å². The van der Waals surface area contributed by atoms with E-state index in [1.165, 1.54) is 6.07 Å². The number of nitrogens with one attached hydrogen (secondary N) is 2. The lowest BCUT2D eigenvalue weighted by molar-refractivity contribution is -0.115. The summed E-state index contributed by atoms with van der Waals surface area (Å²) >= 11 is 0. The topological polar surface area (TPSA) is 127 Å². The molecule has 34 heavy (non-hydrogen) atoms. The first-order chi connectivity index (χ1) is 16.4. The van der Waals surface area contributed by atoms with Crippen LogP contribution in [0.5, 0.6) is 0 Å². The average Bonchev–Trinajstić information content (AvgIpc) is 3.29. The molecule has 4 aromatic rings. The molecule has 2 heterocycles. The number of aromatic nitrogens is 3. The summed E-state index contributed by atoms with van der Waals surface area (Å²) in [6, 6.07) is 15.3. The standard InChI is InChI=1S/C24H23N5O4S/c1-3-22(30)26-19-10-11-21(16(2)13-19)34(31,32)29-20-9-5-4-7-17(20)14-23-27-24(28-33-23)18-8-6-12-25-15-18/h4-13,15,29H,3,14H2,1-2H3,(H,26,30). The van der Waals surface area contributed by atoms with Gasteiger partial charge < -0.3 is 9.84 Å². The lowest BCUT2D eigenvalue weighted by Gasteiger charge is -2.14. The molecule has 0 aliphatic carbocycles. The number of aryl methyl sites for hydroxylation is 1. The fraction of sp³-hybridized carbons (Fsp3) is 0.167. The minimum absolute atomic E-state index is 0.119. The number of nitrogens with zero attached hydrogens (tertiary/aromatic N) is 3. The number of amides is 1. The Morgan fingerprint density at radius 1 is 1.09 bits per heavy atom. The van der Waals surface area contributed by atoms with E-state index in [2.05, 4.69) is 25.2 Å². The second-order valence-corrected chi connectivity index (χ2v) is 9.23. The van der Waals surface area contributed by atoms with Crippen molar-refractivity contribution in [3.05, 3.63) is 84.0 Å². The molecule has 9 nitrogen and oxygen atoms in total. The molecule has 0 unspecified atom stereocenters. The van der Waals surface area contributed by atoms with Crippen LogP contribution in [0, 0.1) is 6.92 Å². The van der Waals surface area contributed by atoms with Crippen LogP contribution in [-0.4, -0.2) is 29.4 Å². The third kappa shape index (κ3) is 5.29. The van der Waals surface area contributed by atoms with Crippen LogP contribution in [0.25, 0.3) is 11.4 Å². The summed E-state index contributed by atoms with van der Waals surface area (Å²) in [7, 11) is -3.88. The molecule has 2 aromatic carbocycles. The van der Waals surface area contributed by atoms with Gasteiger partial charge in [0, 0.05) is 30.1 Å². The number of rotatable bonds is 8. The van der Waals surface area contributed by atoms with Crippen LogP contribution < -0.4 is 10.0 Å². The van der Waals surface area contributed by atoms with Gasteiger partial charge in [-0.3, -0.25) is 14.5 Å². The smallest absolute Gasteiger partial charge is 0.262 e. The molecule has 0 fully saturated rings. The van der Waals surface area contributed by atoms with Gasteiger partial charge in [0.15, 0.2) is 0 Å². The molecule has 4 rings (SSSR count). The van der Waals surface area contributed by atoms with Crippen molar-refractivity contribution in [3.8, 4) is 11.4 Å². The average molecular weight is 478 g/mol. The Bertz CT molecular complexity index is 1420. The van der Waals surface area contributed by atoms with Crippen molar-refractivity contribution in [2.24, 2.45) is 0 Å². The van der Waals surface area contributed by atoms with Gasteiger partial charge in [0.1, 0.15) is 0 Å². The molecule has 0 saturated heterocycles. The van der Waals surface area contributed by atoms with Gasteiger partial charge in [-0.05, 0) is 54.4 Å². The van der Waals surface area contributed by atoms with Gasteiger partial charge in [-0.2, -0.15) is 4.98 Å². The number of carbonyl (C=O) groups excluding carboxylic acids is 1. The number of para-hydroxylation sites is 1. The van der Waals surface area contributed by atoms with E-state index in [9.17, 15) is 13.2 Å². The maximum atomic E-state index is 13.1. The molecule has 0 bridgehead atoms. The first-order valence-electron chi connectivity index (χ1n) is 10.6. The van der Waals surface area contributed by atoms with Crippen LogP contribution in [0.15, 0.2) is 76.4 Å². The summed E-state index contributed by atoms with van der Waals surface area (Å²) in [4.78, 5) is 20.2. The number of benzene rings is 2. The van der Waals surface area contributed by atoms with E-state index in [4.69, 9.17) is 4.52 Å². The monoisotopic (exact) mass is 477 g/mol. The Balaban J connectivity index is 1.55. The molecule has 174 valence electrons. The Kier molecular flexibility index (Phi) is 6.69. The molecule has 1 amide bonds. The molecule has 0 radical (unpaired) electrons. The normalized spacial score (nSPS) is 11.2. The van der Waals surface area contributed by atoms with E-state index >= 15 is 0 Å². The van der Waals surface area contributed by atoms with Crippen molar-refractivity contribution in [2.45, 2.75) is 31.6 Å². The minimum Gasteiger partial charge on any atom is -0.339 e. The lowest BCUT2D eigenvalue weighted by Crippen LogP contribution is -2.16. The maximum absolute atomic E-state index is 13.1. The Labute approximate surface area is 197 Å². The van der Waals surface area contributed by atoms with Crippen LogP contribution in [0.1, 0.15) is 30.4 Å². The second kappa shape index (κ2) is 9.84. The third-order valence-corrected chi connectivity index (χ3v) is 6.59. The maximum Gasteiger partial charge on any atom is 0.262 e.